The van der Waals surface area contributed by atoms with E-state index in [1.54, 1.807) is 0 Å². The van der Waals surface area contributed by atoms with E-state index >= 15 is 0 Å². The van der Waals surface area contributed by atoms with Crippen LogP contribution in [0.1, 0.15) is 69.0 Å². The standard InChI is InChI=1S/C17H26N2OS/c1-12-8-10-17(20-2,11-9-12)16-18-14-7-5-3-4-6-13(14)15(21)19-16/h12H,3-11H2,1-2H3,(H,18,19,21). The van der Waals surface area contributed by atoms with Crippen molar-refractivity contribution in [2.45, 2.75) is 70.3 Å². The van der Waals surface area contributed by atoms with Crippen molar-refractivity contribution in [3.8, 4) is 0 Å². The number of aromatic nitrogens is 2. The third-order valence-corrected chi connectivity index (χ3v) is 5.70. The fraction of sp³-hybridized carbons (Fsp3) is 0.765. The van der Waals surface area contributed by atoms with E-state index in [0.29, 0.717) is 0 Å². The Kier molecular flexibility index (Phi) is 4.46. The number of aromatic amines is 1. The minimum Gasteiger partial charge on any atom is -0.370 e. The van der Waals surface area contributed by atoms with Crippen molar-refractivity contribution < 1.29 is 4.74 Å². The minimum absolute atomic E-state index is 0.249. The molecule has 0 saturated heterocycles. The van der Waals surface area contributed by atoms with Gasteiger partial charge in [-0.1, -0.05) is 25.6 Å². The molecule has 0 aliphatic heterocycles. The van der Waals surface area contributed by atoms with Crippen LogP contribution >= 0.6 is 12.2 Å². The molecular formula is C17H26N2OS. The summed E-state index contributed by atoms with van der Waals surface area (Å²) in [6.07, 6.45) is 10.4. The van der Waals surface area contributed by atoms with Gasteiger partial charge in [0.05, 0.1) is 0 Å². The summed E-state index contributed by atoms with van der Waals surface area (Å²) < 4.78 is 6.75. The first kappa shape index (κ1) is 15.2. The quantitative estimate of drug-likeness (QED) is 0.647. The number of nitrogens with one attached hydrogen (secondary N) is 1. The van der Waals surface area contributed by atoms with E-state index in [2.05, 4.69) is 11.9 Å². The lowest BCUT2D eigenvalue weighted by molar-refractivity contribution is -0.0599. The van der Waals surface area contributed by atoms with Gasteiger partial charge < -0.3 is 9.72 Å². The van der Waals surface area contributed by atoms with Crippen molar-refractivity contribution in [3.63, 3.8) is 0 Å². The zero-order chi connectivity index (χ0) is 14.9. The van der Waals surface area contributed by atoms with Crippen LogP contribution in [0, 0.1) is 10.6 Å². The van der Waals surface area contributed by atoms with Gasteiger partial charge in [-0.25, -0.2) is 4.98 Å². The van der Waals surface area contributed by atoms with Gasteiger partial charge in [-0.15, -0.1) is 0 Å². The lowest BCUT2D eigenvalue weighted by atomic mass is 9.79. The van der Waals surface area contributed by atoms with E-state index in [0.717, 1.165) is 42.1 Å². The monoisotopic (exact) mass is 306 g/mol. The molecule has 1 aromatic heterocycles. The Labute approximate surface area is 132 Å². The number of methoxy groups -OCH3 is 1. The maximum absolute atomic E-state index is 5.95. The van der Waals surface area contributed by atoms with Crippen LogP contribution in [0.15, 0.2) is 0 Å². The van der Waals surface area contributed by atoms with E-state index in [4.69, 9.17) is 21.9 Å². The van der Waals surface area contributed by atoms with Crippen LogP contribution in [-0.2, 0) is 23.2 Å². The third-order valence-electron chi connectivity index (χ3n) is 5.36. The third kappa shape index (κ3) is 2.93. The van der Waals surface area contributed by atoms with Crippen molar-refractivity contribution in [2.75, 3.05) is 7.11 Å². The second-order valence-corrected chi connectivity index (χ2v) is 7.18. The molecule has 21 heavy (non-hydrogen) atoms. The van der Waals surface area contributed by atoms with E-state index in [1.165, 1.54) is 43.4 Å². The molecule has 3 nitrogen and oxygen atoms in total. The second-order valence-electron chi connectivity index (χ2n) is 6.79. The Morgan fingerprint density at radius 2 is 1.90 bits per heavy atom. The molecule has 0 amide bonds. The van der Waals surface area contributed by atoms with E-state index in [-0.39, 0.29) is 5.60 Å². The summed E-state index contributed by atoms with van der Waals surface area (Å²) in [5, 5.41) is 0. The molecule has 0 radical (unpaired) electrons. The van der Waals surface area contributed by atoms with Gasteiger partial charge in [0.15, 0.2) is 0 Å². The number of hydrogen-bond acceptors (Lipinski definition) is 3. The molecule has 1 N–H and O–H groups in total. The summed E-state index contributed by atoms with van der Waals surface area (Å²) in [5.41, 5.74) is 2.35. The molecule has 0 bridgehead atoms. The summed E-state index contributed by atoms with van der Waals surface area (Å²) >= 11 is 5.59. The fourth-order valence-corrected chi connectivity index (χ4v) is 4.09. The maximum atomic E-state index is 5.95. The zero-order valence-corrected chi connectivity index (χ0v) is 14.0. The van der Waals surface area contributed by atoms with Gasteiger partial charge in [0, 0.05) is 18.4 Å². The molecule has 2 aliphatic rings. The summed E-state index contributed by atoms with van der Waals surface area (Å²) in [4.78, 5) is 8.37. The van der Waals surface area contributed by atoms with Crippen molar-refractivity contribution in [2.24, 2.45) is 5.92 Å². The van der Waals surface area contributed by atoms with Crippen molar-refractivity contribution in [1.82, 2.24) is 9.97 Å². The van der Waals surface area contributed by atoms with Crippen LogP contribution in [0.5, 0.6) is 0 Å². The Morgan fingerprint density at radius 3 is 2.62 bits per heavy atom. The Morgan fingerprint density at radius 1 is 1.19 bits per heavy atom. The highest BCUT2D eigenvalue weighted by molar-refractivity contribution is 7.71. The predicted molar refractivity (Wildman–Crippen MR) is 87.0 cm³/mol. The normalized spacial score (nSPS) is 29.7. The Bertz CT molecular complexity index is 558. The molecule has 0 aromatic carbocycles. The molecule has 2 aliphatic carbocycles. The van der Waals surface area contributed by atoms with Gasteiger partial charge in [0.1, 0.15) is 16.1 Å². The van der Waals surface area contributed by atoms with Gasteiger partial charge in [-0.3, -0.25) is 0 Å². The van der Waals surface area contributed by atoms with Crippen LogP contribution in [0.25, 0.3) is 0 Å². The van der Waals surface area contributed by atoms with Crippen LogP contribution in [0.4, 0.5) is 0 Å². The van der Waals surface area contributed by atoms with E-state index in [1.807, 2.05) is 7.11 Å². The second kappa shape index (κ2) is 6.17. The molecule has 0 spiro atoms. The number of nitrogens with zero attached hydrogens (tertiary/aromatic N) is 1. The number of ether oxygens (including phenoxy) is 1. The topological polar surface area (TPSA) is 37.9 Å². The molecular weight excluding hydrogens is 280 g/mol. The van der Waals surface area contributed by atoms with Gasteiger partial charge in [-0.05, 0) is 57.3 Å². The fourth-order valence-electron chi connectivity index (χ4n) is 3.78. The van der Waals surface area contributed by atoms with Gasteiger partial charge in [0.25, 0.3) is 0 Å². The molecule has 4 heteroatoms. The van der Waals surface area contributed by atoms with Crippen molar-refractivity contribution in [1.29, 1.82) is 0 Å². The van der Waals surface area contributed by atoms with Crippen LogP contribution in [0.2, 0.25) is 0 Å². The molecule has 1 heterocycles. The minimum atomic E-state index is -0.249. The smallest absolute Gasteiger partial charge is 0.140 e. The Hall–Kier alpha value is -0.740. The summed E-state index contributed by atoms with van der Waals surface area (Å²) in [5.74, 6) is 1.76. The van der Waals surface area contributed by atoms with Crippen LogP contribution < -0.4 is 0 Å². The van der Waals surface area contributed by atoms with Crippen molar-refractivity contribution >= 4 is 12.2 Å². The summed E-state index contributed by atoms with van der Waals surface area (Å²) in [6.45, 7) is 2.33. The molecule has 1 saturated carbocycles. The highest BCUT2D eigenvalue weighted by Crippen LogP contribution is 2.41. The summed E-state index contributed by atoms with van der Waals surface area (Å²) in [7, 11) is 1.82. The van der Waals surface area contributed by atoms with Crippen LogP contribution in [0.3, 0.4) is 0 Å². The highest BCUT2D eigenvalue weighted by atomic mass is 32.1. The zero-order valence-electron chi connectivity index (χ0n) is 13.2. The largest absolute Gasteiger partial charge is 0.370 e. The van der Waals surface area contributed by atoms with Crippen molar-refractivity contribution in [3.05, 3.63) is 21.7 Å². The maximum Gasteiger partial charge on any atom is 0.140 e. The molecule has 116 valence electrons. The number of rotatable bonds is 2. The average molecular weight is 306 g/mol. The average Bonchev–Trinajstić information content (AvgIpc) is 2.74. The summed E-state index contributed by atoms with van der Waals surface area (Å²) in [6, 6.07) is 0. The van der Waals surface area contributed by atoms with E-state index < -0.39 is 0 Å². The molecule has 1 fully saturated rings. The molecule has 0 atom stereocenters. The van der Waals surface area contributed by atoms with E-state index in [9.17, 15) is 0 Å². The Balaban J connectivity index is 2.00. The number of aryl methyl sites for hydroxylation is 1. The first-order valence-corrected chi connectivity index (χ1v) is 8.73. The lowest BCUT2D eigenvalue weighted by Gasteiger charge is -2.37. The molecule has 3 rings (SSSR count). The molecule has 1 aromatic rings. The molecule has 0 unspecified atom stereocenters. The van der Waals surface area contributed by atoms with Gasteiger partial charge in [0.2, 0.25) is 0 Å². The van der Waals surface area contributed by atoms with Crippen LogP contribution in [-0.4, -0.2) is 17.1 Å². The number of H-pyrrole nitrogens is 1. The first-order chi connectivity index (χ1) is 10.1. The number of fused-ring (bicyclic) bond motifs is 1. The number of hydrogen-bond donors (Lipinski definition) is 1. The lowest BCUT2D eigenvalue weighted by Crippen LogP contribution is -2.35. The van der Waals surface area contributed by atoms with Gasteiger partial charge >= 0.3 is 0 Å². The first-order valence-electron chi connectivity index (χ1n) is 8.32. The predicted octanol–water partition coefficient (Wildman–Crippen LogP) is 4.46. The SMILES string of the molecule is COC1(c2nc(=S)c3c([nH]2)CCCCC3)CCC(C)CC1. The van der Waals surface area contributed by atoms with Gasteiger partial charge in [-0.2, -0.15) is 0 Å². The highest BCUT2D eigenvalue weighted by Gasteiger charge is 2.38.